The molecule has 1 aromatic carbocycles. The highest BCUT2D eigenvalue weighted by Crippen LogP contribution is 2.46. The van der Waals surface area contributed by atoms with Gasteiger partial charge in [-0.3, -0.25) is 4.68 Å². The number of carbonyl (C=O) groups is 1. The lowest BCUT2D eigenvalue weighted by Gasteiger charge is -2.38. The van der Waals surface area contributed by atoms with Gasteiger partial charge in [0.2, 0.25) is 0 Å². The summed E-state index contributed by atoms with van der Waals surface area (Å²) in [6.07, 6.45) is 2.32. The smallest absolute Gasteiger partial charge is 0.337 e. The van der Waals surface area contributed by atoms with E-state index in [9.17, 15) is 4.79 Å². The Morgan fingerprint density at radius 2 is 1.86 bits per heavy atom. The molecule has 2 unspecified atom stereocenters. The van der Waals surface area contributed by atoms with Gasteiger partial charge in [-0.1, -0.05) is 12.1 Å². The average Bonchev–Trinajstić information content (AvgIpc) is 2.74. The minimum Gasteiger partial charge on any atom is -0.465 e. The quantitative estimate of drug-likeness (QED) is 0.811. The first-order valence-corrected chi connectivity index (χ1v) is 7.73. The van der Waals surface area contributed by atoms with Crippen molar-refractivity contribution in [2.75, 3.05) is 7.11 Å². The first-order valence-electron chi connectivity index (χ1n) is 7.73. The van der Waals surface area contributed by atoms with Gasteiger partial charge in [0.25, 0.3) is 0 Å². The van der Waals surface area contributed by atoms with Crippen molar-refractivity contribution < 1.29 is 9.53 Å². The third-order valence-corrected chi connectivity index (χ3v) is 5.00. The van der Waals surface area contributed by atoms with Crippen molar-refractivity contribution in [2.45, 2.75) is 45.6 Å². The van der Waals surface area contributed by atoms with Gasteiger partial charge >= 0.3 is 5.97 Å². The SMILES string of the molecule is COC(=O)c1ccc(C2CCC2n2nc(C)c(C)c2C)cc1. The van der Waals surface area contributed by atoms with Crippen molar-refractivity contribution >= 4 is 5.97 Å². The zero-order chi connectivity index (χ0) is 15.9. The van der Waals surface area contributed by atoms with E-state index < -0.39 is 0 Å². The summed E-state index contributed by atoms with van der Waals surface area (Å²) in [5.74, 6) is 0.190. The van der Waals surface area contributed by atoms with Crippen LogP contribution in [0.2, 0.25) is 0 Å². The molecule has 0 spiro atoms. The maximum atomic E-state index is 11.5. The second-order valence-electron chi connectivity index (χ2n) is 6.11. The molecule has 1 aromatic heterocycles. The molecule has 0 radical (unpaired) electrons. The molecule has 0 amide bonds. The molecular formula is C18H22N2O2. The van der Waals surface area contributed by atoms with Gasteiger partial charge in [0, 0.05) is 11.6 Å². The zero-order valence-electron chi connectivity index (χ0n) is 13.6. The molecule has 1 aliphatic carbocycles. The summed E-state index contributed by atoms with van der Waals surface area (Å²) in [5, 5.41) is 4.71. The van der Waals surface area contributed by atoms with Gasteiger partial charge in [-0.25, -0.2) is 4.79 Å². The molecule has 0 N–H and O–H groups in total. The van der Waals surface area contributed by atoms with Crippen LogP contribution in [0.1, 0.15) is 57.7 Å². The summed E-state index contributed by atoms with van der Waals surface area (Å²) in [5.41, 5.74) is 5.53. The normalized spacial score (nSPS) is 20.5. The fraction of sp³-hybridized carbons (Fsp3) is 0.444. The standard InChI is InChI=1S/C18H22N2O2/c1-11-12(2)19-20(13(11)3)17-10-9-16(17)14-5-7-15(8-6-14)18(21)22-4/h5-8,16-17H,9-10H2,1-4H3. The molecule has 4 heteroatoms. The van der Waals surface area contributed by atoms with Gasteiger partial charge in [0.05, 0.1) is 24.4 Å². The molecular weight excluding hydrogens is 276 g/mol. The number of carbonyl (C=O) groups excluding carboxylic acids is 1. The fourth-order valence-corrected chi connectivity index (χ4v) is 3.22. The van der Waals surface area contributed by atoms with E-state index in [0.29, 0.717) is 17.5 Å². The van der Waals surface area contributed by atoms with Crippen LogP contribution in [0.3, 0.4) is 0 Å². The maximum absolute atomic E-state index is 11.5. The third kappa shape index (κ3) is 2.32. The molecule has 3 rings (SSSR count). The largest absolute Gasteiger partial charge is 0.465 e. The molecule has 1 aliphatic rings. The van der Waals surface area contributed by atoms with Crippen molar-refractivity contribution in [3.05, 3.63) is 52.3 Å². The van der Waals surface area contributed by atoms with Gasteiger partial charge in [0.15, 0.2) is 0 Å². The summed E-state index contributed by atoms with van der Waals surface area (Å²) in [4.78, 5) is 11.5. The van der Waals surface area contributed by atoms with Gasteiger partial charge in [-0.2, -0.15) is 5.10 Å². The van der Waals surface area contributed by atoms with Gasteiger partial charge in [0.1, 0.15) is 0 Å². The van der Waals surface area contributed by atoms with E-state index in [0.717, 1.165) is 12.1 Å². The van der Waals surface area contributed by atoms with Crippen LogP contribution < -0.4 is 0 Å². The topological polar surface area (TPSA) is 44.1 Å². The van der Waals surface area contributed by atoms with Crippen LogP contribution in [0.4, 0.5) is 0 Å². The Morgan fingerprint density at radius 3 is 2.32 bits per heavy atom. The number of hydrogen-bond acceptors (Lipinski definition) is 3. The van der Waals surface area contributed by atoms with E-state index in [1.165, 1.54) is 30.4 Å². The summed E-state index contributed by atoms with van der Waals surface area (Å²) in [6, 6.07) is 8.21. The number of rotatable bonds is 3. The number of nitrogens with zero attached hydrogens (tertiary/aromatic N) is 2. The Hall–Kier alpha value is -2.10. The molecule has 0 saturated heterocycles. The predicted octanol–water partition coefficient (Wildman–Crippen LogP) is 3.71. The van der Waals surface area contributed by atoms with Gasteiger partial charge in [-0.05, 0) is 56.9 Å². The maximum Gasteiger partial charge on any atom is 0.337 e. The summed E-state index contributed by atoms with van der Waals surface area (Å²) < 4.78 is 6.93. The first-order chi connectivity index (χ1) is 10.5. The van der Waals surface area contributed by atoms with Crippen LogP contribution in [0.5, 0.6) is 0 Å². The molecule has 1 heterocycles. The van der Waals surface area contributed by atoms with Crippen LogP contribution in [0.25, 0.3) is 0 Å². The molecule has 1 saturated carbocycles. The number of benzene rings is 1. The molecule has 22 heavy (non-hydrogen) atoms. The molecule has 2 aromatic rings. The van der Waals surface area contributed by atoms with Crippen LogP contribution in [-0.2, 0) is 4.74 Å². The summed E-state index contributed by atoms with van der Waals surface area (Å²) in [6.45, 7) is 6.34. The Kier molecular flexibility index (Phi) is 3.77. The number of esters is 1. The summed E-state index contributed by atoms with van der Waals surface area (Å²) >= 11 is 0. The fourth-order valence-electron chi connectivity index (χ4n) is 3.22. The predicted molar refractivity (Wildman–Crippen MR) is 85.2 cm³/mol. The molecule has 116 valence electrons. The highest BCUT2D eigenvalue weighted by atomic mass is 16.5. The average molecular weight is 298 g/mol. The van der Waals surface area contributed by atoms with Crippen LogP contribution in [-0.4, -0.2) is 22.9 Å². The highest BCUT2D eigenvalue weighted by molar-refractivity contribution is 5.89. The lowest BCUT2D eigenvalue weighted by atomic mass is 9.75. The van der Waals surface area contributed by atoms with Gasteiger partial charge < -0.3 is 4.74 Å². The molecule has 1 fully saturated rings. The molecule has 4 nitrogen and oxygen atoms in total. The second kappa shape index (κ2) is 5.59. The van der Waals surface area contributed by atoms with Crippen LogP contribution in [0.15, 0.2) is 24.3 Å². The Bertz CT molecular complexity index is 701. The minimum absolute atomic E-state index is 0.286. The minimum atomic E-state index is -0.286. The number of methoxy groups -OCH3 is 1. The number of ether oxygens (including phenoxy) is 1. The lowest BCUT2D eigenvalue weighted by Crippen LogP contribution is -2.29. The van der Waals surface area contributed by atoms with Crippen LogP contribution in [0, 0.1) is 20.8 Å². The van der Waals surface area contributed by atoms with E-state index in [1.54, 1.807) is 0 Å². The Morgan fingerprint density at radius 1 is 1.18 bits per heavy atom. The van der Waals surface area contributed by atoms with Crippen molar-refractivity contribution in [2.24, 2.45) is 0 Å². The van der Waals surface area contributed by atoms with Crippen molar-refractivity contribution in [1.82, 2.24) is 9.78 Å². The van der Waals surface area contributed by atoms with Crippen molar-refractivity contribution in [3.8, 4) is 0 Å². The molecule has 0 bridgehead atoms. The van der Waals surface area contributed by atoms with E-state index in [4.69, 9.17) is 9.84 Å². The first kappa shape index (κ1) is 14.8. The Labute approximate surface area is 131 Å². The van der Waals surface area contributed by atoms with E-state index in [-0.39, 0.29) is 5.97 Å². The Balaban J connectivity index is 1.83. The summed E-state index contributed by atoms with van der Waals surface area (Å²) in [7, 11) is 1.41. The number of hydrogen-bond donors (Lipinski definition) is 0. The number of aromatic nitrogens is 2. The number of aryl methyl sites for hydroxylation is 1. The van der Waals surface area contributed by atoms with Crippen molar-refractivity contribution in [3.63, 3.8) is 0 Å². The van der Waals surface area contributed by atoms with E-state index >= 15 is 0 Å². The van der Waals surface area contributed by atoms with E-state index in [2.05, 4.69) is 25.5 Å². The zero-order valence-corrected chi connectivity index (χ0v) is 13.6. The molecule has 0 aliphatic heterocycles. The highest BCUT2D eigenvalue weighted by Gasteiger charge is 2.35. The lowest BCUT2D eigenvalue weighted by molar-refractivity contribution is 0.0600. The van der Waals surface area contributed by atoms with Gasteiger partial charge in [-0.15, -0.1) is 0 Å². The van der Waals surface area contributed by atoms with E-state index in [1.807, 2.05) is 24.3 Å². The monoisotopic (exact) mass is 298 g/mol. The van der Waals surface area contributed by atoms with Crippen molar-refractivity contribution in [1.29, 1.82) is 0 Å². The molecule has 2 atom stereocenters. The van der Waals surface area contributed by atoms with Crippen LogP contribution >= 0.6 is 0 Å². The second-order valence-corrected chi connectivity index (χ2v) is 6.11. The third-order valence-electron chi connectivity index (χ3n) is 5.00.